The number of benzene rings is 1. The topological polar surface area (TPSA) is 144 Å². The summed E-state index contributed by atoms with van der Waals surface area (Å²) in [6.45, 7) is 6.98. The summed E-state index contributed by atoms with van der Waals surface area (Å²) in [5.74, 6) is -0.241. The first-order valence-electron chi connectivity index (χ1n) is 13.7. The van der Waals surface area contributed by atoms with Crippen molar-refractivity contribution in [3.05, 3.63) is 40.7 Å². The maximum absolute atomic E-state index is 12.9. The van der Waals surface area contributed by atoms with Crippen LogP contribution >= 0.6 is 0 Å². The standard InChI is InChI=1S/C29H38N2O9/c1-16(37-26(35)40-27(2,3)4)25(34)30-12-9-21(33)38-19-8-10-29(36)20-14-17-6-7-18(15-32)23-22(17)28(29,24(19)39-23)11-13-31(20)5/h6-8,16,20,24,32,36H,9-15H2,1-5H3,(H,30,34)/t16-,20+,24-,28-,29+/m0/s1. The summed E-state index contributed by atoms with van der Waals surface area (Å²) in [7, 11) is 2.02. The number of hydrogen-bond donors (Lipinski definition) is 3. The molecule has 0 saturated carbocycles. The molecule has 1 fully saturated rings. The van der Waals surface area contributed by atoms with E-state index in [0.717, 1.165) is 17.7 Å². The van der Waals surface area contributed by atoms with Crippen LogP contribution in [0.4, 0.5) is 4.79 Å². The molecule has 0 unspecified atom stereocenters. The van der Waals surface area contributed by atoms with Gasteiger partial charge in [-0.3, -0.25) is 9.59 Å². The molecule has 11 nitrogen and oxygen atoms in total. The Balaban J connectivity index is 1.26. The van der Waals surface area contributed by atoms with E-state index in [9.17, 15) is 24.6 Å². The number of piperidine rings is 1. The number of carbonyl (C=O) groups is 3. The molecule has 1 saturated heterocycles. The lowest BCUT2D eigenvalue weighted by atomic mass is 9.50. The highest BCUT2D eigenvalue weighted by Crippen LogP contribution is 2.64. The van der Waals surface area contributed by atoms with E-state index in [2.05, 4.69) is 10.2 Å². The SMILES string of the molecule is C[C@H](OC(=O)OC(C)(C)C)C(=O)NCCC(=O)OC1=CC[C@@]2(O)[C@H]3Cc4ccc(CO)c5c4[C@@]2(CCN3C)[C@H]1O5. The molecule has 2 aliphatic heterocycles. The number of aliphatic hydroxyl groups excluding tert-OH is 1. The normalized spacial score (nSPS) is 28.9. The monoisotopic (exact) mass is 558 g/mol. The predicted octanol–water partition coefficient (Wildman–Crippen LogP) is 1.85. The summed E-state index contributed by atoms with van der Waals surface area (Å²) >= 11 is 0. The summed E-state index contributed by atoms with van der Waals surface area (Å²) in [6, 6.07) is 3.73. The molecule has 2 heterocycles. The molecule has 1 aromatic carbocycles. The number of nitrogens with one attached hydrogen (secondary N) is 1. The van der Waals surface area contributed by atoms with Crippen LogP contribution < -0.4 is 10.1 Å². The fraction of sp³-hybridized carbons (Fsp3) is 0.621. The maximum atomic E-state index is 12.9. The van der Waals surface area contributed by atoms with Crippen LogP contribution in [-0.4, -0.2) is 82.7 Å². The van der Waals surface area contributed by atoms with Crippen molar-refractivity contribution in [3.8, 4) is 5.75 Å². The number of likely N-dealkylation sites (N-methyl/N-ethyl adjacent to an activating group) is 1. The molecule has 0 aromatic heterocycles. The Kier molecular flexibility index (Phi) is 7.12. The molecule has 0 radical (unpaired) electrons. The van der Waals surface area contributed by atoms with Gasteiger partial charge in [-0.1, -0.05) is 12.1 Å². The molecule has 1 spiro atoms. The van der Waals surface area contributed by atoms with Crippen molar-refractivity contribution in [3.63, 3.8) is 0 Å². The van der Waals surface area contributed by atoms with Gasteiger partial charge < -0.3 is 39.4 Å². The van der Waals surface area contributed by atoms with Gasteiger partial charge in [0, 0.05) is 30.1 Å². The highest BCUT2D eigenvalue weighted by atomic mass is 16.7. The fourth-order valence-corrected chi connectivity index (χ4v) is 6.72. The zero-order valence-electron chi connectivity index (χ0n) is 23.6. The van der Waals surface area contributed by atoms with E-state index in [-0.39, 0.29) is 25.6 Å². The summed E-state index contributed by atoms with van der Waals surface area (Å²) in [5.41, 5.74) is -0.0371. The number of carbonyl (C=O) groups excluding carboxylic acids is 3. The van der Waals surface area contributed by atoms with Gasteiger partial charge in [0.15, 0.2) is 12.2 Å². The van der Waals surface area contributed by atoms with Crippen LogP contribution in [0.1, 0.15) is 63.6 Å². The van der Waals surface area contributed by atoms with E-state index in [0.29, 0.717) is 36.3 Å². The molecule has 5 rings (SSSR count). The molecule has 1 aromatic rings. The first-order chi connectivity index (χ1) is 18.8. The van der Waals surface area contributed by atoms with Gasteiger partial charge >= 0.3 is 12.1 Å². The highest BCUT2D eigenvalue weighted by Gasteiger charge is 2.71. The quantitative estimate of drug-likeness (QED) is 0.424. The molecule has 40 heavy (non-hydrogen) atoms. The number of aliphatic hydroxyl groups is 2. The number of nitrogens with zero attached hydrogens (tertiary/aromatic N) is 1. The molecular weight excluding hydrogens is 520 g/mol. The maximum Gasteiger partial charge on any atom is 0.509 e. The molecular formula is C29H38N2O9. The number of likely N-dealkylation sites (tertiary alicyclic amines) is 1. The van der Waals surface area contributed by atoms with Gasteiger partial charge in [-0.05, 0) is 65.8 Å². The van der Waals surface area contributed by atoms with Crippen molar-refractivity contribution < 1.29 is 43.5 Å². The van der Waals surface area contributed by atoms with Crippen LogP contribution in [0, 0.1) is 0 Å². The van der Waals surface area contributed by atoms with Crippen LogP contribution in [0.15, 0.2) is 24.0 Å². The third kappa shape index (κ3) is 4.53. The second kappa shape index (κ2) is 10.0. The largest absolute Gasteiger partial charge is 0.509 e. The smallest absolute Gasteiger partial charge is 0.481 e. The first kappa shape index (κ1) is 28.4. The molecule has 1 amide bonds. The van der Waals surface area contributed by atoms with Gasteiger partial charge in [0.25, 0.3) is 5.91 Å². The number of rotatable bonds is 7. The van der Waals surface area contributed by atoms with Gasteiger partial charge in [0.2, 0.25) is 0 Å². The summed E-state index contributed by atoms with van der Waals surface area (Å²) < 4.78 is 22.3. The van der Waals surface area contributed by atoms with Gasteiger partial charge in [-0.2, -0.15) is 0 Å². The van der Waals surface area contributed by atoms with Crippen LogP contribution in [0.5, 0.6) is 5.75 Å². The molecule has 2 aliphatic carbocycles. The van der Waals surface area contributed by atoms with Gasteiger partial charge in [-0.15, -0.1) is 0 Å². The second-order valence-electron chi connectivity index (χ2n) is 12.1. The summed E-state index contributed by atoms with van der Waals surface area (Å²) in [5, 5.41) is 24.8. The van der Waals surface area contributed by atoms with E-state index in [1.54, 1.807) is 26.8 Å². The lowest BCUT2D eigenvalue weighted by molar-refractivity contribution is -0.169. The van der Waals surface area contributed by atoms with Crippen molar-refractivity contribution in [2.24, 2.45) is 0 Å². The predicted molar refractivity (Wildman–Crippen MR) is 141 cm³/mol. The van der Waals surface area contributed by atoms with Crippen molar-refractivity contribution in [1.82, 2.24) is 10.2 Å². The Morgan fingerprint density at radius 1 is 1.27 bits per heavy atom. The number of amides is 1. The fourth-order valence-electron chi connectivity index (χ4n) is 6.72. The minimum Gasteiger partial charge on any atom is -0.481 e. The lowest BCUT2D eigenvalue weighted by Crippen LogP contribution is -2.74. The van der Waals surface area contributed by atoms with Crippen LogP contribution in [0.3, 0.4) is 0 Å². The molecule has 11 heteroatoms. The van der Waals surface area contributed by atoms with Crippen LogP contribution in [0.2, 0.25) is 0 Å². The van der Waals surface area contributed by atoms with Crippen LogP contribution in [-0.2, 0) is 42.2 Å². The molecule has 4 aliphatic rings. The zero-order chi connectivity index (χ0) is 29.0. The highest BCUT2D eigenvalue weighted by molar-refractivity contribution is 5.83. The van der Waals surface area contributed by atoms with Crippen molar-refractivity contribution in [2.75, 3.05) is 20.1 Å². The van der Waals surface area contributed by atoms with E-state index >= 15 is 0 Å². The van der Waals surface area contributed by atoms with Gasteiger partial charge in [-0.25, -0.2) is 4.79 Å². The molecule has 218 valence electrons. The zero-order valence-corrected chi connectivity index (χ0v) is 23.6. The van der Waals surface area contributed by atoms with Gasteiger partial charge in [0.1, 0.15) is 17.1 Å². The molecule has 3 N–H and O–H groups in total. The molecule has 5 atom stereocenters. The lowest BCUT2D eigenvalue weighted by Gasteiger charge is -2.61. The third-order valence-electron chi connectivity index (χ3n) is 8.52. The van der Waals surface area contributed by atoms with E-state index in [1.165, 1.54) is 6.92 Å². The van der Waals surface area contributed by atoms with E-state index in [4.69, 9.17) is 18.9 Å². The van der Waals surface area contributed by atoms with E-state index < -0.39 is 46.9 Å². The Morgan fingerprint density at radius 2 is 2.02 bits per heavy atom. The summed E-state index contributed by atoms with van der Waals surface area (Å²) in [6.07, 6.45) is 0.395. The number of ether oxygens (including phenoxy) is 4. The summed E-state index contributed by atoms with van der Waals surface area (Å²) in [4.78, 5) is 39.2. The Morgan fingerprint density at radius 3 is 2.73 bits per heavy atom. The van der Waals surface area contributed by atoms with Gasteiger partial charge in [0.05, 0.1) is 24.0 Å². The third-order valence-corrected chi connectivity index (χ3v) is 8.52. The first-order valence-corrected chi connectivity index (χ1v) is 13.7. The second-order valence-corrected chi connectivity index (χ2v) is 12.1. The van der Waals surface area contributed by atoms with Crippen molar-refractivity contribution in [2.45, 2.75) is 94.9 Å². The minimum atomic E-state index is -1.12. The average Bonchev–Trinajstić information content (AvgIpc) is 3.22. The average molecular weight is 559 g/mol. The Hall–Kier alpha value is -3.15. The van der Waals surface area contributed by atoms with Crippen molar-refractivity contribution in [1.29, 1.82) is 0 Å². The van der Waals surface area contributed by atoms with Crippen molar-refractivity contribution >= 4 is 18.0 Å². The number of esters is 1. The Bertz CT molecular complexity index is 1250. The molecule has 2 bridgehead atoms. The van der Waals surface area contributed by atoms with Crippen LogP contribution in [0.25, 0.3) is 0 Å². The minimum absolute atomic E-state index is 0.0283. The van der Waals surface area contributed by atoms with E-state index in [1.807, 2.05) is 19.2 Å². The number of hydrogen-bond acceptors (Lipinski definition) is 10. The Labute approximate surface area is 233 Å².